The fourth-order valence-electron chi connectivity index (χ4n) is 2.07. The maximum absolute atomic E-state index is 5.95. The van der Waals surface area contributed by atoms with E-state index >= 15 is 0 Å². The average Bonchev–Trinajstić information content (AvgIpc) is 3.00. The van der Waals surface area contributed by atoms with Crippen LogP contribution in [0.15, 0.2) is 28.7 Å². The molecule has 104 valence electrons. The fraction of sp³-hybridized carbons (Fsp3) is 0.429. The number of furan rings is 1. The average molecular weight is 299 g/mol. The van der Waals surface area contributed by atoms with Crippen molar-refractivity contribution in [1.82, 2.24) is 4.90 Å². The molecule has 3 nitrogen and oxygen atoms in total. The minimum atomic E-state index is 0.0983. The number of hydrogen-bond donors (Lipinski definition) is 1. The Hall–Kier alpha value is -0.810. The number of nitrogens with two attached hydrogens (primary N) is 1. The van der Waals surface area contributed by atoms with E-state index in [1.54, 1.807) is 11.3 Å². The lowest BCUT2D eigenvalue weighted by molar-refractivity contribution is 0.212. The monoisotopic (exact) mass is 298 g/mol. The lowest BCUT2D eigenvalue weighted by Crippen LogP contribution is -2.29. The Labute approximate surface area is 123 Å². The Balaban J connectivity index is 2.08. The van der Waals surface area contributed by atoms with Crippen molar-refractivity contribution < 1.29 is 4.42 Å². The Kier molecular flexibility index (Phi) is 5.05. The molecule has 0 aliphatic heterocycles. The summed E-state index contributed by atoms with van der Waals surface area (Å²) < 4.78 is 6.62. The molecule has 2 rings (SSSR count). The molecular formula is C14H19ClN2OS. The summed E-state index contributed by atoms with van der Waals surface area (Å²) in [5.74, 6) is 1.94. The third-order valence-corrected chi connectivity index (χ3v) is 4.36. The predicted molar refractivity (Wildman–Crippen MR) is 80.7 cm³/mol. The number of hydrogen-bond acceptors (Lipinski definition) is 4. The van der Waals surface area contributed by atoms with Crippen LogP contribution in [0.3, 0.4) is 0 Å². The van der Waals surface area contributed by atoms with Gasteiger partial charge in [0, 0.05) is 24.4 Å². The molecule has 5 heteroatoms. The summed E-state index contributed by atoms with van der Waals surface area (Å²) in [6.45, 7) is 3.44. The standard InChI is InChI=1S/C14H19ClN2OS/c1-3-10-4-6-13(18-10)12(8-16)17(2)9-11-5-7-14(15)19-11/h4-7,12H,3,8-9,16H2,1-2H3. The lowest BCUT2D eigenvalue weighted by atomic mass is 10.2. The molecule has 0 fully saturated rings. The zero-order valence-electron chi connectivity index (χ0n) is 11.2. The van der Waals surface area contributed by atoms with Gasteiger partial charge in [-0.2, -0.15) is 0 Å². The second kappa shape index (κ2) is 6.57. The molecule has 0 spiro atoms. The van der Waals surface area contributed by atoms with Gasteiger partial charge < -0.3 is 10.2 Å². The molecule has 2 heterocycles. The van der Waals surface area contributed by atoms with Crippen LogP contribution in [0, 0.1) is 0 Å². The highest BCUT2D eigenvalue weighted by molar-refractivity contribution is 7.16. The van der Waals surface area contributed by atoms with E-state index in [-0.39, 0.29) is 6.04 Å². The molecule has 2 aromatic rings. The first-order valence-electron chi connectivity index (χ1n) is 6.37. The van der Waals surface area contributed by atoms with Crippen LogP contribution in [0.25, 0.3) is 0 Å². The van der Waals surface area contributed by atoms with Crippen LogP contribution in [0.5, 0.6) is 0 Å². The van der Waals surface area contributed by atoms with Crippen LogP contribution >= 0.6 is 22.9 Å². The van der Waals surface area contributed by atoms with Gasteiger partial charge in [0.05, 0.1) is 10.4 Å². The number of nitrogens with zero attached hydrogens (tertiary/aromatic N) is 1. The summed E-state index contributed by atoms with van der Waals surface area (Å²) in [4.78, 5) is 3.42. The van der Waals surface area contributed by atoms with Crippen molar-refractivity contribution in [3.8, 4) is 0 Å². The maximum atomic E-state index is 5.95. The van der Waals surface area contributed by atoms with Gasteiger partial charge in [-0.25, -0.2) is 0 Å². The van der Waals surface area contributed by atoms with Crippen LogP contribution in [0.2, 0.25) is 4.34 Å². The zero-order valence-corrected chi connectivity index (χ0v) is 12.8. The zero-order chi connectivity index (χ0) is 13.8. The fourth-order valence-corrected chi connectivity index (χ4v) is 3.22. The number of thiophene rings is 1. The van der Waals surface area contributed by atoms with E-state index in [0.717, 1.165) is 28.8 Å². The van der Waals surface area contributed by atoms with E-state index in [0.29, 0.717) is 6.54 Å². The number of aryl methyl sites for hydroxylation is 1. The first-order chi connectivity index (χ1) is 9.13. The molecular weight excluding hydrogens is 280 g/mol. The van der Waals surface area contributed by atoms with Gasteiger partial charge in [0.1, 0.15) is 11.5 Å². The predicted octanol–water partition coefficient (Wildman–Crippen LogP) is 3.69. The largest absolute Gasteiger partial charge is 0.464 e. The highest BCUT2D eigenvalue weighted by atomic mass is 35.5. The molecule has 0 amide bonds. The summed E-state index contributed by atoms with van der Waals surface area (Å²) in [6.07, 6.45) is 0.904. The highest BCUT2D eigenvalue weighted by Gasteiger charge is 2.19. The van der Waals surface area contributed by atoms with Crippen molar-refractivity contribution in [3.05, 3.63) is 45.0 Å². The SMILES string of the molecule is CCc1ccc(C(CN)N(C)Cc2ccc(Cl)s2)o1. The minimum absolute atomic E-state index is 0.0983. The topological polar surface area (TPSA) is 42.4 Å². The van der Waals surface area contributed by atoms with E-state index in [2.05, 4.69) is 24.9 Å². The van der Waals surface area contributed by atoms with Crippen LogP contribution in [0.4, 0.5) is 0 Å². The van der Waals surface area contributed by atoms with Gasteiger partial charge in [0.2, 0.25) is 0 Å². The van der Waals surface area contributed by atoms with Crippen molar-refractivity contribution in [2.75, 3.05) is 13.6 Å². The summed E-state index contributed by atoms with van der Waals surface area (Å²) >= 11 is 7.55. The van der Waals surface area contributed by atoms with E-state index in [1.807, 2.05) is 18.2 Å². The van der Waals surface area contributed by atoms with Crippen LogP contribution in [-0.4, -0.2) is 18.5 Å². The molecule has 19 heavy (non-hydrogen) atoms. The molecule has 0 saturated carbocycles. The quantitative estimate of drug-likeness (QED) is 0.884. The first kappa shape index (κ1) is 14.6. The summed E-state index contributed by atoms with van der Waals surface area (Å²) in [7, 11) is 2.05. The summed E-state index contributed by atoms with van der Waals surface area (Å²) in [6, 6.07) is 8.12. The molecule has 2 aromatic heterocycles. The molecule has 0 saturated heterocycles. The number of rotatable bonds is 6. The molecule has 0 aliphatic rings. The van der Waals surface area contributed by atoms with Gasteiger partial charge in [0.25, 0.3) is 0 Å². The lowest BCUT2D eigenvalue weighted by Gasteiger charge is -2.24. The van der Waals surface area contributed by atoms with Crippen molar-refractivity contribution in [2.24, 2.45) is 5.73 Å². The second-order valence-electron chi connectivity index (χ2n) is 4.53. The smallest absolute Gasteiger partial charge is 0.122 e. The Bertz CT molecular complexity index is 523. The highest BCUT2D eigenvalue weighted by Crippen LogP contribution is 2.27. The van der Waals surface area contributed by atoms with Crippen molar-refractivity contribution >= 4 is 22.9 Å². The van der Waals surface area contributed by atoms with Crippen molar-refractivity contribution in [1.29, 1.82) is 0 Å². The van der Waals surface area contributed by atoms with Gasteiger partial charge in [-0.05, 0) is 31.3 Å². The van der Waals surface area contributed by atoms with E-state index in [9.17, 15) is 0 Å². The van der Waals surface area contributed by atoms with Gasteiger partial charge in [-0.3, -0.25) is 4.90 Å². The Morgan fingerprint density at radius 1 is 1.37 bits per heavy atom. The molecule has 0 radical (unpaired) electrons. The van der Waals surface area contributed by atoms with Crippen molar-refractivity contribution in [2.45, 2.75) is 25.9 Å². The molecule has 0 aliphatic carbocycles. The maximum Gasteiger partial charge on any atom is 0.122 e. The Morgan fingerprint density at radius 2 is 2.16 bits per heavy atom. The summed E-state index contributed by atoms with van der Waals surface area (Å²) in [5.41, 5.74) is 5.89. The van der Waals surface area contributed by atoms with Crippen molar-refractivity contribution in [3.63, 3.8) is 0 Å². The van der Waals surface area contributed by atoms with Crippen LogP contribution < -0.4 is 5.73 Å². The van der Waals surface area contributed by atoms with Gasteiger partial charge in [0.15, 0.2) is 0 Å². The molecule has 0 aromatic carbocycles. The molecule has 1 atom stereocenters. The third-order valence-electron chi connectivity index (χ3n) is 3.15. The van der Waals surface area contributed by atoms with Crippen LogP contribution in [0.1, 0.15) is 29.4 Å². The number of halogens is 1. The normalized spacial score (nSPS) is 13.1. The van der Waals surface area contributed by atoms with E-state index in [1.165, 1.54) is 4.88 Å². The third kappa shape index (κ3) is 3.60. The van der Waals surface area contributed by atoms with E-state index < -0.39 is 0 Å². The minimum Gasteiger partial charge on any atom is -0.464 e. The van der Waals surface area contributed by atoms with Crippen LogP contribution in [-0.2, 0) is 13.0 Å². The second-order valence-corrected chi connectivity index (χ2v) is 6.33. The Morgan fingerprint density at radius 3 is 2.68 bits per heavy atom. The first-order valence-corrected chi connectivity index (χ1v) is 7.56. The van der Waals surface area contributed by atoms with Gasteiger partial charge in [-0.1, -0.05) is 18.5 Å². The van der Waals surface area contributed by atoms with E-state index in [4.69, 9.17) is 21.8 Å². The molecule has 1 unspecified atom stereocenters. The summed E-state index contributed by atoms with van der Waals surface area (Å²) in [5, 5.41) is 0. The van der Waals surface area contributed by atoms with Gasteiger partial charge in [-0.15, -0.1) is 11.3 Å². The molecule has 2 N–H and O–H groups in total. The molecule has 0 bridgehead atoms. The van der Waals surface area contributed by atoms with Gasteiger partial charge >= 0.3 is 0 Å². The number of likely N-dealkylation sites (N-methyl/N-ethyl adjacent to an activating group) is 1.